The van der Waals surface area contributed by atoms with Crippen LogP contribution in [-0.4, -0.2) is 41.2 Å². The van der Waals surface area contributed by atoms with Crippen LogP contribution >= 0.6 is 22.9 Å². The van der Waals surface area contributed by atoms with Crippen molar-refractivity contribution in [2.45, 2.75) is 31.8 Å². The van der Waals surface area contributed by atoms with Gasteiger partial charge in [0.2, 0.25) is 5.91 Å². The molecule has 6 nitrogen and oxygen atoms in total. The van der Waals surface area contributed by atoms with E-state index < -0.39 is 0 Å². The number of halogens is 2. The fraction of sp³-hybridized carbons (Fsp3) is 0.321. The molecule has 0 saturated heterocycles. The maximum atomic E-state index is 14.2. The lowest BCUT2D eigenvalue weighted by Crippen LogP contribution is -2.46. The smallest absolute Gasteiger partial charge is 0.235 e. The van der Waals surface area contributed by atoms with Crippen molar-refractivity contribution in [1.29, 1.82) is 0 Å². The number of nitrogens with zero attached hydrogens (tertiary/aromatic N) is 2. The third kappa shape index (κ3) is 4.93. The van der Waals surface area contributed by atoms with Gasteiger partial charge < -0.3 is 15.4 Å². The van der Waals surface area contributed by atoms with E-state index >= 15 is 0 Å². The molecule has 6 rings (SSSR count). The van der Waals surface area contributed by atoms with E-state index in [2.05, 4.69) is 45.1 Å². The number of aromatic nitrogens is 2. The number of thiophene rings is 1. The molecule has 0 radical (unpaired) electrons. The number of ether oxygens (including phenoxy) is 1. The van der Waals surface area contributed by atoms with E-state index in [1.54, 1.807) is 17.4 Å². The van der Waals surface area contributed by atoms with Gasteiger partial charge in [0.25, 0.3) is 0 Å². The second-order valence-corrected chi connectivity index (χ2v) is 10.8. The fourth-order valence-corrected chi connectivity index (χ4v) is 6.14. The van der Waals surface area contributed by atoms with Crippen molar-refractivity contribution in [2.24, 2.45) is 5.92 Å². The van der Waals surface area contributed by atoms with E-state index in [-0.39, 0.29) is 29.6 Å². The van der Waals surface area contributed by atoms with E-state index in [1.165, 1.54) is 23.3 Å². The largest absolute Gasteiger partial charge is 0.492 e. The van der Waals surface area contributed by atoms with Crippen LogP contribution in [0.3, 0.4) is 0 Å². The molecule has 37 heavy (non-hydrogen) atoms. The van der Waals surface area contributed by atoms with Gasteiger partial charge in [-0.25, -0.2) is 4.39 Å². The van der Waals surface area contributed by atoms with Gasteiger partial charge in [-0.15, -0.1) is 33.1 Å². The first kappa shape index (κ1) is 24.3. The highest BCUT2D eigenvalue weighted by Crippen LogP contribution is 2.40. The van der Waals surface area contributed by atoms with Gasteiger partial charge in [-0.3, -0.25) is 4.79 Å². The number of amides is 1. The van der Waals surface area contributed by atoms with Gasteiger partial charge in [-0.05, 0) is 72.5 Å². The quantitative estimate of drug-likeness (QED) is 0.313. The lowest BCUT2D eigenvalue weighted by Gasteiger charge is -2.35. The van der Waals surface area contributed by atoms with Crippen LogP contribution in [0.2, 0.25) is 0 Å². The number of hydrogen-bond acceptors (Lipinski definition) is 6. The minimum Gasteiger partial charge on any atom is -0.492 e. The van der Waals surface area contributed by atoms with E-state index in [9.17, 15) is 9.18 Å². The van der Waals surface area contributed by atoms with E-state index in [1.807, 2.05) is 5.38 Å². The van der Waals surface area contributed by atoms with Crippen LogP contribution in [0.25, 0.3) is 32.6 Å². The summed E-state index contributed by atoms with van der Waals surface area (Å²) in [5, 5.41) is 18.6. The Labute approximate surface area is 223 Å². The first-order valence-corrected chi connectivity index (χ1v) is 13.9. The number of carbonyl (C=O) groups excluding carboxylic acids is 1. The molecule has 1 aliphatic heterocycles. The summed E-state index contributed by atoms with van der Waals surface area (Å²) in [6, 6.07) is 13.2. The Balaban J connectivity index is 1.27. The number of nitrogens with one attached hydrogen (secondary N) is 2. The molecule has 2 aliphatic rings. The minimum absolute atomic E-state index is 0.0364. The Bertz CT molecular complexity index is 1470. The molecular weight excluding hydrogens is 511 g/mol. The zero-order valence-corrected chi connectivity index (χ0v) is 21.7. The summed E-state index contributed by atoms with van der Waals surface area (Å²) < 4.78 is 21.3. The van der Waals surface area contributed by atoms with Gasteiger partial charge in [0.05, 0.1) is 11.3 Å². The van der Waals surface area contributed by atoms with Gasteiger partial charge in [-0.2, -0.15) is 0 Å². The molecule has 1 fully saturated rings. The zero-order valence-electron chi connectivity index (χ0n) is 20.1. The Morgan fingerprint density at radius 3 is 2.86 bits per heavy atom. The summed E-state index contributed by atoms with van der Waals surface area (Å²) in [5.74, 6) is 0.172. The van der Waals surface area contributed by atoms with Crippen molar-refractivity contribution in [2.75, 3.05) is 19.0 Å². The first-order valence-electron chi connectivity index (χ1n) is 12.4. The highest BCUT2D eigenvalue weighted by Gasteiger charge is 2.31. The molecule has 1 amide bonds. The van der Waals surface area contributed by atoms with Gasteiger partial charge in [0.15, 0.2) is 0 Å². The molecule has 1 saturated carbocycles. The standard InChI is InChI=1S/C28H26ClFN4O2S/c29-13-25(35)32-21-9-16(10-21)15-36-24-12-20(30)3-4-22(24)27-28-23(6-8-37-28)26(33-34-27)18-1-2-19-14-31-7-5-17(19)11-18/h1-4,6,8,11-12,16,21,31H,5,7,9-10,13-15H2,(H,32,35). The van der Waals surface area contributed by atoms with Crippen LogP contribution in [-0.2, 0) is 17.8 Å². The molecule has 4 aromatic rings. The summed E-state index contributed by atoms with van der Waals surface area (Å²) >= 11 is 7.16. The fourth-order valence-electron chi connectivity index (χ4n) is 5.17. The number of fused-ring (bicyclic) bond motifs is 2. The minimum atomic E-state index is -0.366. The van der Waals surface area contributed by atoms with Gasteiger partial charge in [0.1, 0.15) is 28.8 Å². The summed E-state index contributed by atoms with van der Waals surface area (Å²) in [6.45, 7) is 2.31. The van der Waals surface area contributed by atoms with E-state index in [0.717, 1.165) is 59.3 Å². The number of carbonyl (C=O) groups is 1. The second-order valence-electron chi connectivity index (χ2n) is 9.66. The number of alkyl halides is 1. The van der Waals surface area contributed by atoms with Gasteiger partial charge >= 0.3 is 0 Å². The lowest BCUT2D eigenvalue weighted by molar-refractivity contribution is -0.120. The molecule has 0 bridgehead atoms. The van der Waals surface area contributed by atoms with Crippen molar-refractivity contribution < 1.29 is 13.9 Å². The second kappa shape index (κ2) is 10.4. The molecule has 9 heteroatoms. The number of hydrogen-bond donors (Lipinski definition) is 2. The summed E-state index contributed by atoms with van der Waals surface area (Å²) in [5.41, 5.74) is 5.99. The van der Waals surface area contributed by atoms with Crippen LogP contribution in [0.4, 0.5) is 4.39 Å². The Morgan fingerprint density at radius 1 is 1.14 bits per heavy atom. The summed E-state index contributed by atoms with van der Waals surface area (Å²) in [4.78, 5) is 11.5. The molecule has 190 valence electrons. The Morgan fingerprint density at radius 2 is 2.00 bits per heavy atom. The highest BCUT2D eigenvalue weighted by atomic mass is 35.5. The molecule has 0 unspecified atom stereocenters. The summed E-state index contributed by atoms with van der Waals surface area (Å²) in [6.07, 6.45) is 2.63. The molecule has 0 spiro atoms. The molecule has 3 heterocycles. The van der Waals surface area contributed by atoms with Crippen LogP contribution in [0, 0.1) is 11.7 Å². The predicted octanol–water partition coefficient (Wildman–Crippen LogP) is 5.32. The maximum Gasteiger partial charge on any atom is 0.235 e. The topological polar surface area (TPSA) is 76.1 Å². The van der Waals surface area contributed by atoms with Crippen molar-refractivity contribution in [1.82, 2.24) is 20.8 Å². The van der Waals surface area contributed by atoms with E-state index in [4.69, 9.17) is 16.3 Å². The van der Waals surface area contributed by atoms with Crippen LogP contribution in [0.1, 0.15) is 24.0 Å². The Hall–Kier alpha value is -3.07. The van der Waals surface area contributed by atoms with Crippen molar-refractivity contribution in [3.8, 4) is 28.3 Å². The molecule has 2 aromatic carbocycles. The number of rotatable bonds is 7. The molecular formula is C28H26ClFN4O2S. The molecule has 1 aliphatic carbocycles. The maximum absolute atomic E-state index is 14.2. The summed E-state index contributed by atoms with van der Waals surface area (Å²) in [7, 11) is 0. The highest BCUT2D eigenvalue weighted by molar-refractivity contribution is 7.17. The van der Waals surface area contributed by atoms with Gasteiger partial charge in [-0.1, -0.05) is 12.1 Å². The molecule has 2 aromatic heterocycles. The number of benzene rings is 2. The third-order valence-electron chi connectivity index (χ3n) is 7.15. The van der Waals surface area contributed by atoms with Crippen LogP contribution < -0.4 is 15.4 Å². The monoisotopic (exact) mass is 536 g/mol. The third-order valence-corrected chi connectivity index (χ3v) is 8.31. The van der Waals surface area contributed by atoms with Crippen molar-refractivity contribution >= 4 is 38.9 Å². The van der Waals surface area contributed by atoms with Crippen LogP contribution in [0.15, 0.2) is 47.8 Å². The molecule has 2 N–H and O–H groups in total. The Kier molecular flexibility index (Phi) is 6.80. The predicted molar refractivity (Wildman–Crippen MR) is 145 cm³/mol. The average molecular weight is 537 g/mol. The lowest BCUT2D eigenvalue weighted by atomic mass is 9.81. The average Bonchev–Trinajstić information content (AvgIpc) is 3.39. The van der Waals surface area contributed by atoms with Crippen molar-refractivity contribution in [3.63, 3.8) is 0 Å². The van der Waals surface area contributed by atoms with E-state index in [0.29, 0.717) is 18.1 Å². The van der Waals surface area contributed by atoms with Crippen LogP contribution in [0.5, 0.6) is 5.75 Å². The van der Waals surface area contributed by atoms with Gasteiger partial charge in [0, 0.05) is 35.2 Å². The SMILES string of the molecule is O=C(CCl)NC1CC(COc2cc(F)ccc2-c2nnc(-c3ccc4c(c3)CCNC4)c3ccsc23)C1. The normalized spacial score (nSPS) is 18.8. The zero-order chi connectivity index (χ0) is 25.4. The first-order chi connectivity index (χ1) is 18.1. The molecule has 0 atom stereocenters. The van der Waals surface area contributed by atoms with Crippen molar-refractivity contribution in [3.05, 3.63) is 64.8 Å².